The molecule has 0 radical (unpaired) electrons. The second kappa shape index (κ2) is 4.78. The smallest absolute Gasteiger partial charge is 0.247 e. The van der Waals surface area contributed by atoms with Gasteiger partial charge in [-0.1, -0.05) is 6.07 Å². The lowest BCUT2D eigenvalue weighted by molar-refractivity contribution is 0.414. The van der Waals surface area contributed by atoms with Crippen LogP contribution in [0.25, 0.3) is 11.5 Å². The van der Waals surface area contributed by atoms with Crippen molar-refractivity contribution >= 4 is 0 Å². The van der Waals surface area contributed by atoms with Gasteiger partial charge in [0.05, 0.1) is 13.2 Å². The molecular formula is C13H15N3O2. The van der Waals surface area contributed by atoms with Crippen molar-refractivity contribution in [1.82, 2.24) is 15.5 Å². The maximum absolute atomic E-state index is 5.71. The molecule has 0 saturated carbocycles. The number of hydrogen-bond donors (Lipinski definition) is 1. The van der Waals surface area contributed by atoms with E-state index < -0.39 is 0 Å². The summed E-state index contributed by atoms with van der Waals surface area (Å²) in [7, 11) is 1.64. The molecule has 5 heteroatoms. The fourth-order valence-corrected chi connectivity index (χ4v) is 2.14. The Hall–Kier alpha value is -1.88. The van der Waals surface area contributed by atoms with Crippen molar-refractivity contribution in [2.45, 2.75) is 18.9 Å². The van der Waals surface area contributed by atoms with Gasteiger partial charge in [-0.05, 0) is 37.6 Å². The van der Waals surface area contributed by atoms with Crippen molar-refractivity contribution in [2.75, 3.05) is 13.7 Å². The number of methoxy groups -OCH3 is 1. The second-order valence-electron chi connectivity index (χ2n) is 4.33. The van der Waals surface area contributed by atoms with E-state index in [0.29, 0.717) is 11.8 Å². The van der Waals surface area contributed by atoms with E-state index in [4.69, 9.17) is 9.15 Å². The normalized spacial score (nSPS) is 19.1. The molecule has 0 aliphatic carbocycles. The first-order chi connectivity index (χ1) is 8.86. The van der Waals surface area contributed by atoms with E-state index in [1.165, 1.54) is 0 Å². The molecule has 0 bridgehead atoms. The lowest BCUT2D eigenvalue weighted by Gasteiger charge is -2.03. The minimum Gasteiger partial charge on any atom is -0.497 e. The summed E-state index contributed by atoms with van der Waals surface area (Å²) >= 11 is 0. The van der Waals surface area contributed by atoms with E-state index in [1.807, 2.05) is 24.3 Å². The predicted octanol–water partition coefficient (Wildman–Crippen LogP) is 2.17. The largest absolute Gasteiger partial charge is 0.497 e. The molecule has 94 valence electrons. The number of rotatable bonds is 3. The van der Waals surface area contributed by atoms with E-state index >= 15 is 0 Å². The lowest BCUT2D eigenvalue weighted by atomic mass is 10.2. The number of aromatic nitrogens is 2. The molecule has 3 rings (SSSR count). The summed E-state index contributed by atoms with van der Waals surface area (Å²) in [6.07, 6.45) is 2.21. The Morgan fingerprint density at radius 1 is 1.39 bits per heavy atom. The van der Waals surface area contributed by atoms with Gasteiger partial charge in [-0.3, -0.25) is 0 Å². The molecule has 1 aliphatic rings. The highest BCUT2D eigenvalue weighted by atomic mass is 16.5. The average molecular weight is 245 g/mol. The Labute approximate surface area is 105 Å². The number of nitrogens with one attached hydrogen (secondary N) is 1. The van der Waals surface area contributed by atoms with Crippen LogP contribution in [0.3, 0.4) is 0 Å². The summed E-state index contributed by atoms with van der Waals surface area (Å²) < 4.78 is 10.9. The number of benzene rings is 1. The highest BCUT2D eigenvalue weighted by Gasteiger charge is 2.22. The SMILES string of the molecule is COc1cccc(-c2nnc([C@H]3CCCN3)o2)c1. The number of ether oxygens (including phenoxy) is 1. The Morgan fingerprint density at radius 2 is 2.33 bits per heavy atom. The van der Waals surface area contributed by atoms with Crippen LogP contribution in [-0.2, 0) is 0 Å². The lowest BCUT2D eigenvalue weighted by Crippen LogP contribution is -2.12. The van der Waals surface area contributed by atoms with Gasteiger partial charge in [-0.25, -0.2) is 0 Å². The molecule has 1 saturated heterocycles. The average Bonchev–Trinajstić information content (AvgIpc) is 3.09. The quantitative estimate of drug-likeness (QED) is 0.898. The van der Waals surface area contributed by atoms with E-state index in [0.717, 1.165) is 30.7 Å². The van der Waals surface area contributed by atoms with Gasteiger partial charge in [0, 0.05) is 5.56 Å². The molecule has 5 nitrogen and oxygen atoms in total. The van der Waals surface area contributed by atoms with Crippen molar-refractivity contribution in [3.05, 3.63) is 30.2 Å². The van der Waals surface area contributed by atoms with Crippen LogP contribution in [0, 0.1) is 0 Å². The van der Waals surface area contributed by atoms with Gasteiger partial charge in [0.25, 0.3) is 0 Å². The standard InChI is InChI=1S/C13H15N3O2/c1-17-10-5-2-4-9(8-10)12-15-16-13(18-12)11-6-3-7-14-11/h2,4-5,8,11,14H,3,6-7H2,1H3/t11-/m1/s1. The van der Waals surface area contributed by atoms with Crippen LogP contribution in [0.2, 0.25) is 0 Å². The summed E-state index contributed by atoms with van der Waals surface area (Å²) in [5.74, 6) is 1.99. The van der Waals surface area contributed by atoms with Gasteiger partial charge in [0.2, 0.25) is 11.8 Å². The summed E-state index contributed by atoms with van der Waals surface area (Å²) in [5.41, 5.74) is 0.881. The molecular weight excluding hydrogens is 230 g/mol. The maximum Gasteiger partial charge on any atom is 0.247 e. The molecule has 2 aromatic rings. The van der Waals surface area contributed by atoms with E-state index in [2.05, 4.69) is 15.5 Å². The summed E-state index contributed by atoms with van der Waals surface area (Å²) in [6, 6.07) is 7.82. The molecule has 2 heterocycles. The molecule has 1 fully saturated rings. The van der Waals surface area contributed by atoms with Crippen LogP contribution in [0.15, 0.2) is 28.7 Å². The van der Waals surface area contributed by atoms with Crippen molar-refractivity contribution in [2.24, 2.45) is 0 Å². The van der Waals surface area contributed by atoms with Crippen LogP contribution in [0.5, 0.6) is 5.75 Å². The van der Waals surface area contributed by atoms with Gasteiger partial charge >= 0.3 is 0 Å². The van der Waals surface area contributed by atoms with Crippen LogP contribution in [-0.4, -0.2) is 23.9 Å². The zero-order valence-corrected chi connectivity index (χ0v) is 10.2. The molecule has 1 aliphatic heterocycles. The number of hydrogen-bond acceptors (Lipinski definition) is 5. The molecule has 1 aromatic heterocycles. The molecule has 0 spiro atoms. The van der Waals surface area contributed by atoms with Crippen molar-refractivity contribution in [3.63, 3.8) is 0 Å². The third-order valence-corrected chi connectivity index (χ3v) is 3.12. The topological polar surface area (TPSA) is 60.2 Å². The molecule has 0 unspecified atom stereocenters. The summed E-state index contributed by atoms with van der Waals surface area (Å²) in [6.45, 7) is 1.02. The first-order valence-corrected chi connectivity index (χ1v) is 6.08. The highest BCUT2D eigenvalue weighted by Crippen LogP contribution is 2.27. The van der Waals surface area contributed by atoms with Crippen LogP contribution >= 0.6 is 0 Å². The van der Waals surface area contributed by atoms with Crippen LogP contribution in [0.4, 0.5) is 0 Å². The van der Waals surface area contributed by atoms with Crippen LogP contribution < -0.4 is 10.1 Å². The maximum atomic E-state index is 5.71. The third-order valence-electron chi connectivity index (χ3n) is 3.12. The molecule has 1 aromatic carbocycles. The van der Waals surface area contributed by atoms with Gasteiger partial charge < -0.3 is 14.5 Å². The van der Waals surface area contributed by atoms with E-state index in [1.54, 1.807) is 7.11 Å². The summed E-state index contributed by atoms with van der Waals surface area (Å²) in [4.78, 5) is 0. The first kappa shape index (κ1) is 11.2. The van der Waals surface area contributed by atoms with Gasteiger partial charge in [-0.15, -0.1) is 10.2 Å². The minimum atomic E-state index is 0.205. The van der Waals surface area contributed by atoms with E-state index in [-0.39, 0.29) is 6.04 Å². The minimum absolute atomic E-state index is 0.205. The van der Waals surface area contributed by atoms with Gasteiger partial charge in [0.15, 0.2) is 0 Å². The third kappa shape index (κ3) is 2.09. The Balaban J connectivity index is 1.87. The zero-order valence-electron chi connectivity index (χ0n) is 10.2. The molecule has 1 N–H and O–H groups in total. The molecule has 1 atom stereocenters. The summed E-state index contributed by atoms with van der Waals surface area (Å²) in [5, 5.41) is 11.5. The van der Waals surface area contributed by atoms with Crippen molar-refractivity contribution in [3.8, 4) is 17.2 Å². The molecule has 18 heavy (non-hydrogen) atoms. The Kier molecular flexibility index (Phi) is 2.98. The van der Waals surface area contributed by atoms with E-state index in [9.17, 15) is 0 Å². The first-order valence-electron chi connectivity index (χ1n) is 6.08. The highest BCUT2D eigenvalue weighted by molar-refractivity contribution is 5.55. The number of nitrogens with zero attached hydrogens (tertiary/aromatic N) is 2. The van der Waals surface area contributed by atoms with Crippen molar-refractivity contribution in [1.29, 1.82) is 0 Å². The second-order valence-corrected chi connectivity index (χ2v) is 4.33. The Bertz CT molecular complexity index is 533. The fraction of sp³-hybridized carbons (Fsp3) is 0.385. The fourth-order valence-electron chi connectivity index (χ4n) is 2.14. The molecule has 0 amide bonds. The predicted molar refractivity (Wildman–Crippen MR) is 66.3 cm³/mol. The Morgan fingerprint density at radius 3 is 3.11 bits per heavy atom. The van der Waals surface area contributed by atoms with Crippen LogP contribution in [0.1, 0.15) is 24.8 Å². The zero-order chi connectivity index (χ0) is 12.4. The van der Waals surface area contributed by atoms with Gasteiger partial charge in [-0.2, -0.15) is 0 Å². The van der Waals surface area contributed by atoms with Gasteiger partial charge in [0.1, 0.15) is 5.75 Å². The van der Waals surface area contributed by atoms with Crippen molar-refractivity contribution < 1.29 is 9.15 Å². The monoisotopic (exact) mass is 245 g/mol.